The van der Waals surface area contributed by atoms with E-state index in [0.29, 0.717) is 37.4 Å². The summed E-state index contributed by atoms with van der Waals surface area (Å²) in [5.74, 6) is -0.823. The highest BCUT2D eigenvalue weighted by Gasteiger charge is 2.27. The highest BCUT2D eigenvalue weighted by molar-refractivity contribution is 7.98. The van der Waals surface area contributed by atoms with Crippen LogP contribution in [0.4, 0.5) is 4.79 Å². The molecule has 0 spiro atoms. The summed E-state index contributed by atoms with van der Waals surface area (Å²) < 4.78 is 11.7. The number of aliphatic carboxylic acids is 1. The van der Waals surface area contributed by atoms with E-state index in [1.165, 1.54) is 0 Å². The van der Waals surface area contributed by atoms with Gasteiger partial charge in [0.05, 0.1) is 12.7 Å². The van der Waals surface area contributed by atoms with Crippen molar-refractivity contribution in [3.05, 3.63) is 59.2 Å². The average molecular weight is 557 g/mol. The molecule has 1 fully saturated rings. The van der Waals surface area contributed by atoms with Crippen molar-refractivity contribution >= 4 is 29.7 Å². The molecule has 2 aromatic carbocycles. The van der Waals surface area contributed by atoms with Gasteiger partial charge in [0.25, 0.3) is 5.91 Å². The number of piperidine rings is 1. The number of benzene rings is 2. The monoisotopic (exact) mass is 556 g/mol. The smallest absolute Gasteiger partial charge is 0.410 e. The predicted molar refractivity (Wildman–Crippen MR) is 154 cm³/mol. The van der Waals surface area contributed by atoms with E-state index in [0.717, 1.165) is 35.1 Å². The fourth-order valence-corrected chi connectivity index (χ4v) is 4.92. The van der Waals surface area contributed by atoms with E-state index in [1.807, 2.05) is 70.3 Å². The Hall–Kier alpha value is -3.04. The SMILES string of the molecule is CSCC[C@H](NC(=O)c1ccc(COC2CCN(C(=O)OC(C)(C)C)CC2)cc1-c1ccccc1C)C(=O)O. The summed E-state index contributed by atoms with van der Waals surface area (Å²) in [6, 6.07) is 12.4. The molecule has 2 amide bonds. The van der Waals surface area contributed by atoms with Gasteiger partial charge in [-0.05, 0) is 93.4 Å². The van der Waals surface area contributed by atoms with Crippen molar-refractivity contribution in [2.45, 2.75) is 71.3 Å². The maximum absolute atomic E-state index is 13.3. The quantitative estimate of drug-likeness (QED) is 0.397. The first-order valence-electron chi connectivity index (χ1n) is 13.3. The number of likely N-dealkylation sites (tertiary alicyclic amines) is 1. The molecule has 0 radical (unpaired) electrons. The van der Waals surface area contributed by atoms with Gasteiger partial charge in [-0.2, -0.15) is 11.8 Å². The van der Waals surface area contributed by atoms with Crippen molar-refractivity contribution in [2.24, 2.45) is 0 Å². The molecule has 1 aliphatic heterocycles. The molecule has 1 atom stereocenters. The lowest BCUT2D eigenvalue weighted by atomic mass is 9.93. The largest absolute Gasteiger partial charge is 0.480 e. The molecule has 1 aliphatic rings. The first-order chi connectivity index (χ1) is 18.5. The number of carbonyl (C=O) groups is 3. The Morgan fingerprint density at radius 2 is 1.79 bits per heavy atom. The van der Waals surface area contributed by atoms with E-state index >= 15 is 0 Å². The minimum absolute atomic E-state index is 0.0151. The van der Waals surface area contributed by atoms with Crippen molar-refractivity contribution in [1.82, 2.24) is 10.2 Å². The molecule has 1 heterocycles. The number of hydrogen-bond acceptors (Lipinski definition) is 6. The fourth-order valence-electron chi connectivity index (χ4n) is 4.45. The molecule has 9 heteroatoms. The second-order valence-electron chi connectivity index (χ2n) is 10.8. The summed E-state index contributed by atoms with van der Waals surface area (Å²) in [4.78, 5) is 39.0. The van der Waals surface area contributed by atoms with Crippen LogP contribution in [0.1, 0.15) is 61.5 Å². The zero-order valence-corrected chi connectivity index (χ0v) is 24.3. The second-order valence-corrected chi connectivity index (χ2v) is 11.8. The third-order valence-electron chi connectivity index (χ3n) is 6.56. The molecular formula is C30H40N2O6S. The zero-order chi connectivity index (χ0) is 28.6. The predicted octanol–water partition coefficient (Wildman–Crippen LogP) is 5.51. The molecule has 212 valence electrons. The van der Waals surface area contributed by atoms with Crippen LogP contribution in [0, 0.1) is 6.92 Å². The number of amides is 2. The molecule has 0 saturated carbocycles. The number of carboxylic acid groups (broad SMARTS) is 1. The Balaban J connectivity index is 1.72. The number of carbonyl (C=O) groups excluding carboxylic acids is 2. The van der Waals surface area contributed by atoms with E-state index < -0.39 is 23.5 Å². The number of hydrogen-bond donors (Lipinski definition) is 2. The number of nitrogens with one attached hydrogen (secondary N) is 1. The summed E-state index contributed by atoms with van der Waals surface area (Å²) in [6.07, 6.45) is 3.41. The van der Waals surface area contributed by atoms with Crippen LogP contribution in [0.15, 0.2) is 42.5 Å². The van der Waals surface area contributed by atoms with Crippen LogP contribution in [0.2, 0.25) is 0 Å². The van der Waals surface area contributed by atoms with Crippen molar-refractivity contribution in [3.8, 4) is 11.1 Å². The van der Waals surface area contributed by atoms with Gasteiger partial charge < -0.3 is 24.8 Å². The van der Waals surface area contributed by atoms with Crippen molar-refractivity contribution in [3.63, 3.8) is 0 Å². The van der Waals surface area contributed by atoms with Gasteiger partial charge in [-0.1, -0.05) is 30.3 Å². The van der Waals surface area contributed by atoms with Crippen LogP contribution in [0.5, 0.6) is 0 Å². The lowest BCUT2D eigenvalue weighted by Crippen LogP contribution is -2.43. The summed E-state index contributed by atoms with van der Waals surface area (Å²) in [7, 11) is 0. The third kappa shape index (κ3) is 9.00. The minimum atomic E-state index is -1.04. The Morgan fingerprint density at radius 1 is 1.10 bits per heavy atom. The van der Waals surface area contributed by atoms with Gasteiger partial charge in [0.15, 0.2) is 0 Å². The molecule has 39 heavy (non-hydrogen) atoms. The third-order valence-corrected chi connectivity index (χ3v) is 7.20. The summed E-state index contributed by atoms with van der Waals surface area (Å²) in [5.41, 5.74) is 3.47. The highest BCUT2D eigenvalue weighted by Crippen LogP contribution is 2.29. The minimum Gasteiger partial charge on any atom is -0.480 e. The van der Waals surface area contributed by atoms with Gasteiger partial charge in [0, 0.05) is 18.7 Å². The maximum Gasteiger partial charge on any atom is 0.410 e. The summed E-state index contributed by atoms with van der Waals surface area (Å²) in [5, 5.41) is 12.3. The van der Waals surface area contributed by atoms with Crippen LogP contribution < -0.4 is 5.32 Å². The van der Waals surface area contributed by atoms with Gasteiger partial charge in [-0.25, -0.2) is 9.59 Å². The highest BCUT2D eigenvalue weighted by atomic mass is 32.2. The number of thioether (sulfide) groups is 1. The lowest BCUT2D eigenvalue weighted by molar-refractivity contribution is -0.139. The van der Waals surface area contributed by atoms with Crippen LogP contribution in [-0.4, -0.2) is 70.8 Å². The lowest BCUT2D eigenvalue weighted by Gasteiger charge is -2.33. The molecule has 0 unspecified atom stereocenters. The standard InChI is InChI=1S/C30H40N2O6S/c1-20-8-6-7-9-23(20)25-18-21(10-11-24(25)27(33)31-26(28(34)35)14-17-39-5)19-37-22-12-15-32(16-13-22)29(36)38-30(2,3)4/h6-11,18,22,26H,12-17,19H2,1-5H3,(H,31,33)(H,34,35)/t26-/m0/s1. The molecule has 0 aliphatic carbocycles. The number of aryl methyl sites for hydroxylation is 1. The molecule has 1 saturated heterocycles. The number of nitrogens with zero attached hydrogens (tertiary/aromatic N) is 1. The van der Waals surface area contributed by atoms with Crippen LogP contribution >= 0.6 is 11.8 Å². The maximum atomic E-state index is 13.3. The summed E-state index contributed by atoms with van der Waals surface area (Å²) >= 11 is 1.54. The topological polar surface area (TPSA) is 105 Å². The average Bonchev–Trinajstić information content (AvgIpc) is 2.89. The van der Waals surface area contributed by atoms with E-state index in [9.17, 15) is 19.5 Å². The van der Waals surface area contributed by atoms with Gasteiger partial charge in [-0.15, -0.1) is 0 Å². The molecule has 2 N–H and O–H groups in total. The molecule has 2 aromatic rings. The van der Waals surface area contributed by atoms with Crippen molar-refractivity contribution in [1.29, 1.82) is 0 Å². The van der Waals surface area contributed by atoms with Gasteiger partial charge in [0.1, 0.15) is 11.6 Å². The Morgan fingerprint density at radius 3 is 2.41 bits per heavy atom. The number of carboxylic acids is 1. The number of rotatable bonds is 10. The zero-order valence-electron chi connectivity index (χ0n) is 23.5. The van der Waals surface area contributed by atoms with Gasteiger partial charge in [-0.3, -0.25) is 4.79 Å². The van der Waals surface area contributed by atoms with Crippen molar-refractivity contribution in [2.75, 3.05) is 25.1 Å². The number of ether oxygens (including phenoxy) is 2. The fraction of sp³-hybridized carbons (Fsp3) is 0.500. The van der Waals surface area contributed by atoms with E-state index in [2.05, 4.69) is 5.32 Å². The normalized spacial score (nSPS) is 15.1. The second kappa shape index (κ2) is 13.8. The van der Waals surface area contributed by atoms with E-state index in [4.69, 9.17) is 9.47 Å². The molecule has 3 rings (SSSR count). The van der Waals surface area contributed by atoms with Crippen molar-refractivity contribution < 1.29 is 29.0 Å². The first kappa shape index (κ1) is 30.5. The molecular weight excluding hydrogens is 516 g/mol. The Bertz CT molecular complexity index is 1150. The van der Waals surface area contributed by atoms with E-state index in [1.54, 1.807) is 22.7 Å². The Labute approximate surface area is 235 Å². The van der Waals surface area contributed by atoms with Gasteiger partial charge in [0.2, 0.25) is 0 Å². The van der Waals surface area contributed by atoms with Crippen LogP contribution in [0.25, 0.3) is 11.1 Å². The molecule has 0 aromatic heterocycles. The van der Waals surface area contributed by atoms with Crippen LogP contribution in [-0.2, 0) is 20.9 Å². The molecule has 0 bridgehead atoms. The van der Waals surface area contributed by atoms with E-state index in [-0.39, 0.29) is 12.2 Å². The first-order valence-corrected chi connectivity index (χ1v) is 14.7. The van der Waals surface area contributed by atoms with Crippen LogP contribution in [0.3, 0.4) is 0 Å². The van der Waals surface area contributed by atoms with Gasteiger partial charge >= 0.3 is 12.1 Å². The molecule has 8 nitrogen and oxygen atoms in total. The Kier molecular flexibility index (Phi) is 10.8. The summed E-state index contributed by atoms with van der Waals surface area (Å²) in [6.45, 7) is 9.08.